The summed E-state index contributed by atoms with van der Waals surface area (Å²) >= 11 is 0. The van der Waals surface area contributed by atoms with Gasteiger partial charge in [-0.1, -0.05) is 30.3 Å². The number of hydrogen-bond acceptors (Lipinski definition) is 4. The summed E-state index contributed by atoms with van der Waals surface area (Å²) in [6, 6.07) is 13.0. The van der Waals surface area contributed by atoms with Crippen LogP contribution in [0.15, 0.2) is 65.7 Å². The molecule has 0 aliphatic rings. The van der Waals surface area contributed by atoms with Gasteiger partial charge in [-0.3, -0.25) is 9.78 Å². The van der Waals surface area contributed by atoms with Crippen LogP contribution < -0.4 is 5.43 Å². The zero-order valence-electron chi connectivity index (χ0n) is 11.6. The molecule has 1 amide bonds. The van der Waals surface area contributed by atoms with E-state index in [9.17, 15) is 4.79 Å². The number of hydrogen-bond donors (Lipinski definition) is 1. The monoisotopic (exact) mass is 281 g/mol. The van der Waals surface area contributed by atoms with E-state index in [1.165, 1.54) is 12.4 Å². The molecular formula is C16H15N3O2. The second kappa shape index (κ2) is 7.59. The van der Waals surface area contributed by atoms with E-state index in [0.717, 1.165) is 5.56 Å². The SMILES string of the molecule is COC(=C\c1ccccc1)/C=N/NC(=O)c1cccnc1. The third-order valence-electron chi connectivity index (χ3n) is 2.63. The first-order valence-corrected chi connectivity index (χ1v) is 6.34. The standard InChI is InChI=1S/C16H15N3O2/c1-21-15(10-13-6-3-2-4-7-13)12-18-19-16(20)14-8-5-9-17-11-14/h2-12H,1H3,(H,19,20)/b15-10-,18-12+. The smallest absolute Gasteiger partial charge is 0.272 e. The molecule has 106 valence electrons. The normalized spacial score (nSPS) is 11.4. The number of amides is 1. The summed E-state index contributed by atoms with van der Waals surface area (Å²) in [5.74, 6) is 0.210. The summed E-state index contributed by atoms with van der Waals surface area (Å²) in [7, 11) is 1.55. The first kappa shape index (κ1) is 14.5. The number of benzene rings is 1. The average molecular weight is 281 g/mol. The molecule has 0 radical (unpaired) electrons. The van der Waals surface area contributed by atoms with Crippen molar-refractivity contribution >= 4 is 18.2 Å². The maximum absolute atomic E-state index is 11.7. The Morgan fingerprint density at radius 1 is 1.24 bits per heavy atom. The fourth-order valence-electron chi connectivity index (χ4n) is 1.58. The molecular weight excluding hydrogens is 266 g/mol. The van der Waals surface area contributed by atoms with Crippen LogP contribution in [0.3, 0.4) is 0 Å². The Kier molecular flexibility index (Phi) is 5.23. The van der Waals surface area contributed by atoms with Crippen molar-refractivity contribution in [1.82, 2.24) is 10.4 Å². The van der Waals surface area contributed by atoms with Crippen LogP contribution in [0.5, 0.6) is 0 Å². The molecule has 0 saturated carbocycles. The van der Waals surface area contributed by atoms with Crippen molar-refractivity contribution in [3.8, 4) is 0 Å². The minimum atomic E-state index is -0.325. The molecule has 0 saturated heterocycles. The van der Waals surface area contributed by atoms with Crippen molar-refractivity contribution in [1.29, 1.82) is 0 Å². The number of allylic oxidation sites excluding steroid dienone is 1. The molecule has 0 unspecified atom stereocenters. The molecule has 0 aliphatic carbocycles. The molecule has 0 bridgehead atoms. The minimum absolute atomic E-state index is 0.325. The van der Waals surface area contributed by atoms with Crippen LogP contribution >= 0.6 is 0 Å². The Bertz CT molecular complexity index is 637. The third kappa shape index (κ3) is 4.58. The van der Waals surface area contributed by atoms with Crippen LogP contribution in [0.1, 0.15) is 15.9 Å². The van der Waals surface area contributed by atoms with Gasteiger partial charge in [0.05, 0.1) is 18.9 Å². The average Bonchev–Trinajstić information content (AvgIpc) is 2.55. The van der Waals surface area contributed by atoms with E-state index in [2.05, 4.69) is 15.5 Å². The molecule has 1 aromatic carbocycles. The van der Waals surface area contributed by atoms with Crippen molar-refractivity contribution in [3.05, 3.63) is 71.7 Å². The molecule has 0 aliphatic heterocycles. The maximum atomic E-state index is 11.7. The Morgan fingerprint density at radius 3 is 2.71 bits per heavy atom. The first-order chi connectivity index (χ1) is 10.3. The molecule has 5 heteroatoms. The summed E-state index contributed by atoms with van der Waals surface area (Å²) in [5.41, 5.74) is 3.85. The molecule has 1 N–H and O–H groups in total. The van der Waals surface area contributed by atoms with Crippen molar-refractivity contribution in [2.75, 3.05) is 7.11 Å². The van der Waals surface area contributed by atoms with Gasteiger partial charge in [0.15, 0.2) is 0 Å². The molecule has 21 heavy (non-hydrogen) atoms. The predicted octanol–water partition coefficient (Wildman–Crippen LogP) is 2.48. The minimum Gasteiger partial charge on any atom is -0.495 e. The Balaban J connectivity index is 1.99. The number of pyridine rings is 1. The van der Waals surface area contributed by atoms with Gasteiger partial charge >= 0.3 is 0 Å². The molecule has 0 spiro atoms. The predicted molar refractivity (Wildman–Crippen MR) is 81.6 cm³/mol. The number of nitrogens with zero attached hydrogens (tertiary/aromatic N) is 2. The highest BCUT2D eigenvalue weighted by Gasteiger charge is 2.02. The van der Waals surface area contributed by atoms with E-state index in [4.69, 9.17) is 4.74 Å². The molecule has 0 fully saturated rings. The van der Waals surface area contributed by atoms with E-state index in [0.29, 0.717) is 11.3 Å². The van der Waals surface area contributed by atoms with Crippen molar-refractivity contribution < 1.29 is 9.53 Å². The summed E-state index contributed by atoms with van der Waals surface area (Å²) in [4.78, 5) is 15.6. The van der Waals surface area contributed by atoms with Gasteiger partial charge in [0, 0.05) is 12.4 Å². The summed E-state index contributed by atoms with van der Waals surface area (Å²) in [6.45, 7) is 0. The molecule has 1 aromatic heterocycles. The Morgan fingerprint density at radius 2 is 2.05 bits per heavy atom. The van der Waals surface area contributed by atoms with Crippen molar-refractivity contribution in [2.24, 2.45) is 5.10 Å². The van der Waals surface area contributed by atoms with Gasteiger partial charge < -0.3 is 4.74 Å². The fraction of sp³-hybridized carbons (Fsp3) is 0.0625. The summed E-state index contributed by atoms with van der Waals surface area (Å²) in [6.07, 6.45) is 6.34. The highest BCUT2D eigenvalue weighted by atomic mass is 16.5. The van der Waals surface area contributed by atoms with Crippen molar-refractivity contribution in [2.45, 2.75) is 0 Å². The van der Waals surface area contributed by atoms with Crippen LogP contribution in [0.25, 0.3) is 6.08 Å². The molecule has 2 aromatic rings. The van der Waals surface area contributed by atoms with Crippen LogP contribution in [0.4, 0.5) is 0 Å². The summed E-state index contributed by atoms with van der Waals surface area (Å²) < 4.78 is 5.19. The zero-order chi connectivity index (χ0) is 14.9. The van der Waals surface area contributed by atoms with E-state index in [1.807, 2.05) is 36.4 Å². The molecule has 1 heterocycles. The van der Waals surface area contributed by atoms with Crippen LogP contribution in [0, 0.1) is 0 Å². The molecule has 5 nitrogen and oxygen atoms in total. The number of methoxy groups -OCH3 is 1. The van der Waals surface area contributed by atoms with Crippen LogP contribution in [-0.4, -0.2) is 24.2 Å². The molecule has 0 atom stereocenters. The number of hydrazone groups is 1. The van der Waals surface area contributed by atoms with Gasteiger partial charge in [0.25, 0.3) is 5.91 Å². The third-order valence-corrected chi connectivity index (χ3v) is 2.63. The number of carbonyl (C=O) groups excluding carboxylic acids is 1. The lowest BCUT2D eigenvalue weighted by Gasteiger charge is -2.01. The van der Waals surface area contributed by atoms with E-state index < -0.39 is 0 Å². The zero-order valence-corrected chi connectivity index (χ0v) is 11.6. The van der Waals surface area contributed by atoms with Gasteiger partial charge in [-0.2, -0.15) is 5.10 Å². The Hall–Kier alpha value is -2.95. The lowest BCUT2D eigenvalue weighted by Crippen LogP contribution is -2.17. The largest absolute Gasteiger partial charge is 0.495 e. The van der Waals surface area contributed by atoms with Crippen molar-refractivity contribution in [3.63, 3.8) is 0 Å². The van der Waals surface area contributed by atoms with Crippen LogP contribution in [-0.2, 0) is 4.74 Å². The maximum Gasteiger partial charge on any atom is 0.272 e. The topological polar surface area (TPSA) is 63.6 Å². The van der Waals surface area contributed by atoms with Gasteiger partial charge in [-0.05, 0) is 23.8 Å². The van der Waals surface area contributed by atoms with Gasteiger partial charge in [-0.15, -0.1) is 0 Å². The number of rotatable bonds is 5. The quantitative estimate of drug-likeness (QED) is 0.520. The lowest BCUT2D eigenvalue weighted by molar-refractivity contribution is 0.0954. The van der Waals surface area contributed by atoms with Gasteiger partial charge in [0.1, 0.15) is 5.76 Å². The van der Waals surface area contributed by atoms with E-state index in [-0.39, 0.29) is 5.91 Å². The number of nitrogens with one attached hydrogen (secondary N) is 1. The van der Waals surface area contributed by atoms with Crippen LogP contribution in [0.2, 0.25) is 0 Å². The van der Waals surface area contributed by atoms with Gasteiger partial charge in [-0.25, -0.2) is 5.43 Å². The summed E-state index contributed by atoms with van der Waals surface area (Å²) in [5, 5.41) is 3.87. The van der Waals surface area contributed by atoms with E-state index >= 15 is 0 Å². The highest BCUT2D eigenvalue weighted by Crippen LogP contribution is 2.05. The highest BCUT2D eigenvalue weighted by molar-refractivity contribution is 5.94. The number of aromatic nitrogens is 1. The second-order valence-corrected chi connectivity index (χ2v) is 4.10. The Labute approximate surface area is 123 Å². The number of ether oxygens (including phenoxy) is 1. The molecule has 2 rings (SSSR count). The van der Waals surface area contributed by atoms with E-state index in [1.54, 1.807) is 25.4 Å². The second-order valence-electron chi connectivity index (χ2n) is 4.10. The lowest BCUT2D eigenvalue weighted by atomic mass is 10.2. The first-order valence-electron chi connectivity index (χ1n) is 6.34. The fourth-order valence-corrected chi connectivity index (χ4v) is 1.58. The number of carbonyl (C=O) groups is 1. The van der Waals surface area contributed by atoms with Gasteiger partial charge in [0.2, 0.25) is 0 Å².